The number of nitrogens with zero attached hydrogens (tertiary/aromatic N) is 1. The van der Waals surface area contributed by atoms with Gasteiger partial charge < -0.3 is 20.8 Å². The van der Waals surface area contributed by atoms with Gasteiger partial charge in [-0.3, -0.25) is 9.59 Å². The first-order valence-electron chi connectivity index (χ1n) is 6.35. The van der Waals surface area contributed by atoms with E-state index in [9.17, 15) is 19.5 Å². The fourth-order valence-corrected chi connectivity index (χ4v) is 2.43. The van der Waals surface area contributed by atoms with Crippen molar-refractivity contribution in [3.63, 3.8) is 0 Å². The molecule has 7 heteroatoms. The zero-order valence-corrected chi connectivity index (χ0v) is 10.9. The van der Waals surface area contributed by atoms with E-state index < -0.39 is 29.9 Å². The molecule has 1 aliphatic heterocycles. The van der Waals surface area contributed by atoms with Gasteiger partial charge in [0.15, 0.2) is 0 Å². The lowest BCUT2D eigenvalue weighted by Crippen LogP contribution is -2.56. The Kier molecular flexibility index (Phi) is 5.29. The van der Waals surface area contributed by atoms with E-state index >= 15 is 0 Å². The number of carboxylic acid groups (broad SMARTS) is 2. The van der Waals surface area contributed by atoms with Crippen LogP contribution >= 0.6 is 0 Å². The molecule has 1 saturated heterocycles. The minimum absolute atomic E-state index is 0.0192. The minimum atomic E-state index is -1.04. The van der Waals surface area contributed by atoms with Crippen LogP contribution in [0.5, 0.6) is 0 Å². The standard InChI is InChI=1S/C12H20N2O5/c1-7-3-2-6-14(10(7)12(18)19)11(17)8(13)4-5-9(15)16/h7-8,10H,2-6,13H2,1H3,(H,15,16)(H,18,19). The van der Waals surface area contributed by atoms with E-state index in [1.165, 1.54) is 4.90 Å². The molecular weight excluding hydrogens is 252 g/mol. The summed E-state index contributed by atoms with van der Waals surface area (Å²) in [5.74, 6) is -2.65. The van der Waals surface area contributed by atoms with Crippen LogP contribution in [-0.2, 0) is 14.4 Å². The monoisotopic (exact) mass is 272 g/mol. The van der Waals surface area contributed by atoms with E-state index in [4.69, 9.17) is 10.8 Å². The van der Waals surface area contributed by atoms with Crippen molar-refractivity contribution in [2.24, 2.45) is 11.7 Å². The molecule has 0 aromatic heterocycles. The van der Waals surface area contributed by atoms with Crippen molar-refractivity contribution in [3.8, 4) is 0 Å². The summed E-state index contributed by atoms with van der Waals surface area (Å²) in [7, 11) is 0. The number of aliphatic carboxylic acids is 2. The van der Waals surface area contributed by atoms with Gasteiger partial charge in [-0.15, -0.1) is 0 Å². The molecule has 0 spiro atoms. The van der Waals surface area contributed by atoms with Gasteiger partial charge in [-0.1, -0.05) is 6.92 Å². The van der Waals surface area contributed by atoms with E-state index in [1.54, 1.807) is 6.92 Å². The second-order valence-corrected chi connectivity index (χ2v) is 4.97. The molecule has 7 nitrogen and oxygen atoms in total. The lowest BCUT2D eigenvalue weighted by atomic mass is 9.90. The molecule has 0 aromatic rings. The Hall–Kier alpha value is -1.63. The van der Waals surface area contributed by atoms with E-state index in [2.05, 4.69) is 0 Å². The van der Waals surface area contributed by atoms with Crippen molar-refractivity contribution < 1.29 is 24.6 Å². The van der Waals surface area contributed by atoms with Gasteiger partial charge in [0.1, 0.15) is 6.04 Å². The predicted molar refractivity (Wildman–Crippen MR) is 66.4 cm³/mol. The second-order valence-electron chi connectivity index (χ2n) is 4.97. The van der Waals surface area contributed by atoms with Gasteiger partial charge in [-0.25, -0.2) is 4.79 Å². The fraction of sp³-hybridized carbons (Fsp3) is 0.750. The first-order chi connectivity index (χ1) is 8.84. The maximum atomic E-state index is 12.1. The molecule has 1 rings (SSSR count). The number of nitrogens with two attached hydrogens (primary N) is 1. The Morgan fingerprint density at radius 2 is 2.00 bits per heavy atom. The maximum Gasteiger partial charge on any atom is 0.326 e. The molecule has 0 aliphatic carbocycles. The highest BCUT2D eigenvalue weighted by molar-refractivity contribution is 5.87. The summed E-state index contributed by atoms with van der Waals surface area (Å²) in [6.45, 7) is 2.15. The summed E-state index contributed by atoms with van der Waals surface area (Å²) in [6, 6.07) is -1.82. The summed E-state index contributed by atoms with van der Waals surface area (Å²) in [5, 5.41) is 17.8. The van der Waals surface area contributed by atoms with Crippen LogP contribution in [0.2, 0.25) is 0 Å². The van der Waals surface area contributed by atoms with Gasteiger partial charge in [0.2, 0.25) is 5.91 Å². The smallest absolute Gasteiger partial charge is 0.326 e. The van der Waals surface area contributed by atoms with Crippen molar-refractivity contribution >= 4 is 17.8 Å². The molecule has 1 amide bonds. The van der Waals surface area contributed by atoms with Crippen LogP contribution in [0.4, 0.5) is 0 Å². The zero-order valence-electron chi connectivity index (χ0n) is 10.9. The highest BCUT2D eigenvalue weighted by Gasteiger charge is 2.38. The summed E-state index contributed by atoms with van der Waals surface area (Å²) < 4.78 is 0. The zero-order chi connectivity index (χ0) is 14.6. The summed E-state index contributed by atoms with van der Waals surface area (Å²) in [5.41, 5.74) is 5.66. The molecular formula is C12H20N2O5. The number of piperidine rings is 1. The predicted octanol–water partition coefficient (Wildman–Crippen LogP) is -0.110. The lowest BCUT2D eigenvalue weighted by Gasteiger charge is -2.38. The molecule has 1 aliphatic rings. The van der Waals surface area contributed by atoms with Crippen LogP contribution in [-0.4, -0.2) is 51.6 Å². The number of hydrogen-bond acceptors (Lipinski definition) is 4. The van der Waals surface area contributed by atoms with Crippen LogP contribution in [0.1, 0.15) is 32.6 Å². The highest BCUT2D eigenvalue weighted by atomic mass is 16.4. The molecule has 0 bridgehead atoms. The second kappa shape index (κ2) is 6.51. The van der Waals surface area contributed by atoms with Crippen LogP contribution in [0.25, 0.3) is 0 Å². The van der Waals surface area contributed by atoms with Crippen molar-refractivity contribution in [2.45, 2.75) is 44.7 Å². The van der Waals surface area contributed by atoms with Crippen LogP contribution < -0.4 is 5.73 Å². The molecule has 4 N–H and O–H groups in total. The number of rotatable bonds is 5. The first kappa shape index (κ1) is 15.4. The lowest BCUT2D eigenvalue weighted by molar-refractivity contribution is -0.155. The van der Waals surface area contributed by atoms with Crippen molar-refractivity contribution in [2.75, 3.05) is 6.54 Å². The SMILES string of the molecule is CC1CCCN(C(=O)C(N)CCC(=O)O)C1C(=O)O. The molecule has 3 atom stereocenters. The summed E-state index contributed by atoms with van der Waals surface area (Å²) in [6.07, 6.45) is 1.31. The molecule has 1 heterocycles. The Morgan fingerprint density at radius 1 is 1.37 bits per heavy atom. The molecule has 0 saturated carbocycles. The molecule has 0 aromatic carbocycles. The normalized spacial score (nSPS) is 24.8. The molecule has 1 fully saturated rings. The van der Waals surface area contributed by atoms with Crippen LogP contribution in [0.3, 0.4) is 0 Å². The van der Waals surface area contributed by atoms with Gasteiger partial charge in [0, 0.05) is 13.0 Å². The largest absolute Gasteiger partial charge is 0.481 e. The maximum absolute atomic E-state index is 12.1. The van der Waals surface area contributed by atoms with E-state index in [0.29, 0.717) is 6.54 Å². The van der Waals surface area contributed by atoms with E-state index in [-0.39, 0.29) is 18.8 Å². The van der Waals surface area contributed by atoms with Gasteiger partial charge in [0.25, 0.3) is 0 Å². The Bertz CT molecular complexity index is 371. The number of carboxylic acids is 2. The topological polar surface area (TPSA) is 121 Å². The average molecular weight is 272 g/mol. The number of hydrogen-bond donors (Lipinski definition) is 3. The molecule has 19 heavy (non-hydrogen) atoms. The highest BCUT2D eigenvalue weighted by Crippen LogP contribution is 2.24. The van der Waals surface area contributed by atoms with Gasteiger partial charge in [0.05, 0.1) is 6.04 Å². The Labute approximate surface area is 111 Å². The summed E-state index contributed by atoms with van der Waals surface area (Å²) >= 11 is 0. The van der Waals surface area contributed by atoms with Crippen LogP contribution in [0, 0.1) is 5.92 Å². The third kappa shape index (κ3) is 3.92. The van der Waals surface area contributed by atoms with E-state index in [1.807, 2.05) is 0 Å². The number of carbonyl (C=O) groups excluding carboxylic acids is 1. The van der Waals surface area contributed by atoms with Crippen molar-refractivity contribution in [1.82, 2.24) is 4.90 Å². The number of amides is 1. The van der Waals surface area contributed by atoms with Gasteiger partial charge in [-0.05, 0) is 25.2 Å². The average Bonchev–Trinajstić information content (AvgIpc) is 2.34. The van der Waals surface area contributed by atoms with Crippen molar-refractivity contribution in [1.29, 1.82) is 0 Å². The van der Waals surface area contributed by atoms with Crippen LogP contribution in [0.15, 0.2) is 0 Å². The third-order valence-corrected chi connectivity index (χ3v) is 3.46. The van der Waals surface area contributed by atoms with Crippen molar-refractivity contribution in [3.05, 3.63) is 0 Å². The fourth-order valence-electron chi connectivity index (χ4n) is 2.43. The Morgan fingerprint density at radius 3 is 2.53 bits per heavy atom. The number of likely N-dealkylation sites (tertiary alicyclic amines) is 1. The molecule has 108 valence electrons. The first-order valence-corrected chi connectivity index (χ1v) is 6.35. The van der Waals surface area contributed by atoms with Gasteiger partial charge in [-0.2, -0.15) is 0 Å². The Balaban J connectivity index is 2.72. The minimum Gasteiger partial charge on any atom is -0.481 e. The summed E-state index contributed by atoms with van der Waals surface area (Å²) in [4.78, 5) is 35.1. The van der Waals surface area contributed by atoms with Gasteiger partial charge >= 0.3 is 11.9 Å². The van der Waals surface area contributed by atoms with E-state index in [0.717, 1.165) is 12.8 Å². The number of carbonyl (C=O) groups is 3. The molecule has 0 radical (unpaired) electrons. The quantitative estimate of drug-likeness (QED) is 0.642. The molecule has 3 unspecified atom stereocenters. The third-order valence-electron chi connectivity index (χ3n) is 3.46.